The van der Waals surface area contributed by atoms with E-state index in [1.807, 2.05) is 0 Å². The molecule has 0 bridgehead atoms. The van der Waals surface area contributed by atoms with Crippen molar-refractivity contribution >= 4 is 45.2 Å². The number of fused-ring (bicyclic) bond motifs is 1. The fourth-order valence-corrected chi connectivity index (χ4v) is 3.35. The molecule has 2 N–H and O–H groups in total. The van der Waals surface area contributed by atoms with E-state index in [1.165, 1.54) is 11.3 Å². The van der Waals surface area contributed by atoms with Crippen molar-refractivity contribution in [3.63, 3.8) is 0 Å². The Hall–Kier alpha value is -1.37. The Balaban J connectivity index is 2.24. The molecule has 0 spiro atoms. The zero-order valence-corrected chi connectivity index (χ0v) is 14.0. The van der Waals surface area contributed by atoms with E-state index in [2.05, 4.69) is 36.1 Å². The van der Waals surface area contributed by atoms with Gasteiger partial charge in [0.15, 0.2) is 10.8 Å². The number of hydrogen-bond donors (Lipinski definition) is 1. The minimum atomic E-state index is -0.158. The quantitative estimate of drug-likeness (QED) is 0.678. The molecule has 0 fully saturated rings. The minimum absolute atomic E-state index is 0.158. The van der Waals surface area contributed by atoms with Gasteiger partial charge in [-0.25, -0.2) is 0 Å². The Morgan fingerprint density at radius 3 is 2.48 bits per heavy atom. The summed E-state index contributed by atoms with van der Waals surface area (Å²) in [6.07, 6.45) is 0. The van der Waals surface area contributed by atoms with Crippen LogP contribution in [0.5, 0.6) is 0 Å². The van der Waals surface area contributed by atoms with Gasteiger partial charge in [-0.05, 0) is 12.1 Å². The lowest BCUT2D eigenvalue weighted by Crippen LogP contribution is -2.16. The van der Waals surface area contributed by atoms with Gasteiger partial charge in [0.25, 0.3) is 0 Å². The summed E-state index contributed by atoms with van der Waals surface area (Å²) in [5.74, 6) is 0.789. The number of nitrogens with two attached hydrogens (primary N) is 1. The van der Waals surface area contributed by atoms with Gasteiger partial charge in [-0.2, -0.15) is 9.61 Å². The molecule has 0 aliphatic heterocycles. The highest BCUT2D eigenvalue weighted by molar-refractivity contribution is 7.20. The van der Waals surface area contributed by atoms with E-state index >= 15 is 0 Å². The summed E-state index contributed by atoms with van der Waals surface area (Å²) >= 11 is 13.7. The molecule has 5 nitrogen and oxygen atoms in total. The van der Waals surface area contributed by atoms with E-state index in [1.54, 1.807) is 16.6 Å². The fraction of sp³-hybridized carbons (Fsp3) is 0.308. The zero-order chi connectivity index (χ0) is 15.4. The van der Waals surface area contributed by atoms with Gasteiger partial charge in [-0.3, -0.25) is 0 Å². The monoisotopic (exact) mass is 341 g/mol. The Morgan fingerprint density at radius 1 is 1.14 bits per heavy atom. The van der Waals surface area contributed by atoms with Gasteiger partial charge >= 0.3 is 0 Å². The van der Waals surface area contributed by atoms with Crippen molar-refractivity contribution in [1.29, 1.82) is 0 Å². The van der Waals surface area contributed by atoms with Crippen molar-refractivity contribution in [2.45, 2.75) is 26.2 Å². The molecule has 0 aliphatic rings. The summed E-state index contributed by atoms with van der Waals surface area (Å²) < 4.78 is 1.73. The van der Waals surface area contributed by atoms with Crippen molar-refractivity contribution in [3.05, 3.63) is 28.0 Å². The van der Waals surface area contributed by atoms with Crippen LogP contribution in [0.25, 0.3) is 15.5 Å². The van der Waals surface area contributed by atoms with Gasteiger partial charge in [0.1, 0.15) is 0 Å². The topological polar surface area (TPSA) is 69.1 Å². The summed E-state index contributed by atoms with van der Waals surface area (Å²) in [4.78, 5) is 0.699. The second-order valence-electron chi connectivity index (χ2n) is 5.69. The van der Waals surface area contributed by atoms with E-state index in [9.17, 15) is 0 Å². The van der Waals surface area contributed by atoms with Gasteiger partial charge in [0.05, 0.1) is 21.3 Å². The number of nitrogens with zero attached hydrogens (tertiary/aromatic N) is 4. The molecule has 0 atom stereocenters. The molecule has 21 heavy (non-hydrogen) atoms. The molecule has 110 valence electrons. The van der Waals surface area contributed by atoms with E-state index in [0.29, 0.717) is 31.3 Å². The highest BCUT2D eigenvalue weighted by Gasteiger charge is 2.24. The maximum atomic E-state index is 6.24. The lowest BCUT2D eigenvalue weighted by Gasteiger charge is -2.13. The molecule has 3 rings (SSSR count). The number of rotatable bonds is 1. The van der Waals surface area contributed by atoms with Crippen molar-refractivity contribution in [1.82, 2.24) is 19.8 Å². The summed E-state index contributed by atoms with van der Waals surface area (Å²) in [6, 6.07) is 3.38. The summed E-state index contributed by atoms with van der Waals surface area (Å²) in [6.45, 7) is 6.18. The summed E-state index contributed by atoms with van der Waals surface area (Å²) in [5.41, 5.74) is 6.94. The SMILES string of the molecule is CC(C)(C)c1nnc2sc(-c3c(Cl)ccc(Cl)c3N)nn12. The summed E-state index contributed by atoms with van der Waals surface area (Å²) in [5, 5.41) is 14.6. The van der Waals surface area contributed by atoms with E-state index in [4.69, 9.17) is 28.9 Å². The van der Waals surface area contributed by atoms with E-state index in [-0.39, 0.29) is 5.41 Å². The Bertz CT molecular complexity index is 831. The molecule has 0 saturated heterocycles. The lowest BCUT2D eigenvalue weighted by molar-refractivity contribution is 0.528. The van der Waals surface area contributed by atoms with Crippen LogP contribution in [-0.2, 0) is 5.41 Å². The normalized spacial score (nSPS) is 12.2. The van der Waals surface area contributed by atoms with Gasteiger partial charge in [-0.15, -0.1) is 10.2 Å². The number of benzene rings is 1. The first kappa shape index (κ1) is 14.6. The number of anilines is 1. The summed E-state index contributed by atoms with van der Waals surface area (Å²) in [7, 11) is 0. The molecule has 0 saturated carbocycles. The number of aromatic nitrogens is 4. The molecule has 3 aromatic rings. The molecular weight excluding hydrogens is 329 g/mol. The first-order valence-corrected chi connectivity index (χ1v) is 7.83. The van der Waals surface area contributed by atoms with Crippen LogP contribution in [-0.4, -0.2) is 19.8 Å². The van der Waals surface area contributed by atoms with Crippen molar-refractivity contribution in [3.8, 4) is 10.6 Å². The molecule has 0 radical (unpaired) electrons. The molecular formula is C13H13Cl2N5S. The smallest absolute Gasteiger partial charge is 0.235 e. The first-order chi connectivity index (χ1) is 9.79. The first-order valence-electron chi connectivity index (χ1n) is 6.25. The van der Waals surface area contributed by atoms with Crippen LogP contribution in [0.15, 0.2) is 12.1 Å². The van der Waals surface area contributed by atoms with E-state index in [0.717, 1.165) is 5.82 Å². The van der Waals surface area contributed by atoms with Crippen LogP contribution >= 0.6 is 34.5 Å². The average Bonchev–Trinajstić information content (AvgIpc) is 2.92. The number of hydrogen-bond acceptors (Lipinski definition) is 5. The number of halogens is 2. The molecule has 0 aliphatic carbocycles. The second kappa shape index (κ2) is 4.83. The average molecular weight is 342 g/mol. The third-order valence-electron chi connectivity index (χ3n) is 3.02. The third-order valence-corrected chi connectivity index (χ3v) is 4.58. The molecule has 2 aromatic heterocycles. The van der Waals surface area contributed by atoms with Gasteiger partial charge in [-0.1, -0.05) is 55.3 Å². The molecule has 0 unspecified atom stereocenters. The Kier molecular flexibility index (Phi) is 3.35. The van der Waals surface area contributed by atoms with Crippen LogP contribution in [0.1, 0.15) is 26.6 Å². The van der Waals surface area contributed by atoms with Crippen LogP contribution in [0.3, 0.4) is 0 Å². The molecule has 8 heteroatoms. The maximum Gasteiger partial charge on any atom is 0.235 e. The fourth-order valence-electron chi connectivity index (χ4n) is 1.97. The van der Waals surface area contributed by atoms with Crippen molar-refractivity contribution in [2.75, 3.05) is 5.73 Å². The van der Waals surface area contributed by atoms with Gasteiger partial charge in [0.2, 0.25) is 4.96 Å². The Morgan fingerprint density at radius 2 is 1.81 bits per heavy atom. The van der Waals surface area contributed by atoms with Crippen LogP contribution in [0.4, 0.5) is 5.69 Å². The standard InChI is InChI=1S/C13H13Cl2N5S/c1-13(2,3)11-17-18-12-20(11)19-10(21-12)8-6(14)4-5-7(15)9(8)16/h4-5H,16H2,1-3H3. The van der Waals surface area contributed by atoms with Gasteiger partial charge < -0.3 is 5.73 Å². The molecule has 0 amide bonds. The maximum absolute atomic E-state index is 6.24. The molecule has 2 heterocycles. The lowest BCUT2D eigenvalue weighted by atomic mass is 9.96. The number of nitrogen functional groups attached to an aromatic ring is 1. The van der Waals surface area contributed by atoms with Crippen LogP contribution < -0.4 is 5.73 Å². The predicted molar refractivity (Wildman–Crippen MR) is 87.2 cm³/mol. The third kappa shape index (κ3) is 2.37. The van der Waals surface area contributed by atoms with Crippen LogP contribution in [0, 0.1) is 0 Å². The van der Waals surface area contributed by atoms with E-state index < -0.39 is 0 Å². The largest absolute Gasteiger partial charge is 0.397 e. The highest BCUT2D eigenvalue weighted by Crippen LogP contribution is 2.39. The van der Waals surface area contributed by atoms with Crippen molar-refractivity contribution in [2.24, 2.45) is 0 Å². The minimum Gasteiger partial charge on any atom is -0.397 e. The second-order valence-corrected chi connectivity index (χ2v) is 7.46. The van der Waals surface area contributed by atoms with Crippen LogP contribution in [0.2, 0.25) is 10.0 Å². The predicted octanol–water partition coefficient (Wildman–Crippen LogP) is 4.04. The zero-order valence-electron chi connectivity index (χ0n) is 11.7. The Labute approximate surface area is 135 Å². The van der Waals surface area contributed by atoms with Crippen molar-refractivity contribution < 1.29 is 0 Å². The molecule has 1 aromatic carbocycles. The van der Waals surface area contributed by atoms with Gasteiger partial charge in [0, 0.05) is 5.41 Å². The highest BCUT2D eigenvalue weighted by atomic mass is 35.5.